The van der Waals surface area contributed by atoms with Gasteiger partial charge in [-0.3, -0.25) is 9.89 Å². The highest BCUT2D eigenvalue weighted by molar-refractivity contribution is 6.05. The number of alkyl halides is 3. The van der Waals surface area contributed by atoms with Crippen LogP contribution in [0.1, 0.15) is 27.3 Å². The van der Waals surface area contributed by atoms with Gasteiger partial charge in [0.1, 0.15) is 17.5 Å². The van der Waals surface area contributed by atoms with Gasteiger partial charge >= 0.3 is 6.18 Å². The molecule has 8 nitrogen and oxygen atoms in total. The number of aromatic nitrogens is 4. The van der Waals surface area contributed by atoms with Crippen molar-refractivity contribution in [1.29, 1.82) is 5.26 Å². The van der Waals surface area contributed by atoms with E-state index in [0.29, 0.717) is 28.0 Å². The summed E-state index contributed by atoms with van der Waals surface area (Å²) in [5.74, 6) is -0.435. The molecule has 0 unspecified atom stereocenters. The fourth-order valence-electron chi connectivity index (χ4n) is 2.95. The number of rotatable bonds is 3. The summed E-state index contributed by atoms with van der Waals surface area (Å²) in [6.45, 7) is 1.41. The molecular formula is C19H11F3N6O2. The maximum atomic E-state index is 13.2. The van der Waals surface area contributed by atoms with Gasteiger partial charge in [-0.05, 0) is 36.8 Å². The average molecular weight is 412 g/mol. The molecule has 0 saturated carbocycles. The number of carbonyl (C=O) groups is 1. The topological polar surface area (TPSA) is 120 Å². The van der Waals surface area contributed by atoms with Crippen LogP contribution in [0, 0.1) is 18.3 Å². The Balaban J connectivity index is 1.70. The van der Waals surface area contributed by atoms with Gasteiger partial charge in [0.2, 0.25) is 0 Å². The average Bonchev–Trinajstić information content (AvgIpc) is 3.35. The summed E-state index contributed by atoms with van der Waals surface area (Å²) in [7, 11) is 0. The minimum Gasteiger partial charge on any atom is -0.442 e. The van der Waals surface area contributed by atoms with Crippen molar-refractivity contribution in [3.8, 4) is 17.5 Å². The molecule has 3 heterocycles. The number of anilines is 1. The summed E-state index contributed by atoms with van der Waals surface area (Å²) >= 11 is 0. The van der Waals surface area contributed by atoms with Crippen LogP contribution in [-0.4, -0.2) is 26.1 Å². The van der Waals surface area contributed by atoms with Crippen molar-refractivity contribution in [2.45, 2.75) is 13.1 Å². The van der Waals surface area contributed by atoms with Crippen molar-refractivity contribution >= 4 is 22.5 Å². The fraction of sp³-hybridized carbons (Fsp3) is 0.105. The van der Waals surface area contributed by atoms with Crippen molar-refractivity contribution in [2.75, 3.05) is 5.32 Å². The van der Waals surface area contributed by atoms with Gasteiger partial charge in [0.15, 0.2) is 17.8 Å². The van der Waals surface area contributed by atoms with Gasteiger partial charge in [0, 0.05) is 11.1 Å². The molecule has 0 radical (unpaired) electrons. The van der Waals surface area contributed by atoms with E-state index in [1.807, 2.05) is 0 Å². The molecule has 4 aromatic rings. The van der Waals surface area contributed by atoms with Gasteiger partial charge in [-0.1, -0.05) is 0 Å². The van der Waals surface area contributed by atoms with Crippen LogP contribution in [0.4, 0.5) is 18.9 Å². The summed E-state index contributed by atoms with van der Waals surface area (Å²) < 4.78 is 44.8. The van der Waals surface area contributed by atoms with Crippen LogP contribution in [-0.2, 0) is 6.18 Å². The van der Waals surface area contributed by atoms with E-state index in [0.717, 1.165) is 6.07 Å². The number of nitrogens with one attached hydrogen (secondary N) is 2. The first-order chi connectivity index (χ1) is 14.3. The molecule has 0 spiro atoms. The van der Waals surface area contributed by atoms with E-state index in [1.165, 1.54) is 25.6 Å². The molecule has 0 bridgehead atoms. The Morgan fingerprint density at radius 2 is 2.10 bits per heavy atom. The molecule has 0 aliphatic carbocycles. The third-order valence-corrected chi connectivity index (χ3v) is 4.30. The normalized spacial score (nSPS) is 11.4. The SMILES string of the molecule is Cc1cc(C#N)c(C(F)(F)F)nc1C(=O)Nc1ccc2[nH]nc(-c3cnco3)c2c1. The number of halogens is 3. The van der Waals surface area contributed by atoms with E-state index < -0.39 is 29.0 Å². The van der Waals surface area contributed by atoms with Gasteiger partial charge in [-0.15, -0.1) is 0 Å². The van der Waals surface area contributed by atoms with E-state index >= 15 is 0 Å². The quantitative estimate of drug-likeness (QED) is 0.523. The van der Waals surface area contributed by atoms with Gasteiger partial charge in [0.25, 0.3) is 5.91 Å². The molecule has 0 saturated heterocycles. The molecule has 2 N–H and O–H groups in total. The second kappa shape index (κ2) is 7.00. The number of oxazole rings is 1. The molecule has 30 heavy (non-hydrogen) atoms. The maximum absolute atomic E-state index is 13.2. The van der Waals surface area contributed by atoms with Crippen molar-refractivity contribution < 1.29 is 22.4 Å². The number of aryl methyl sites for hydroxylation is 1. The number of hydrogen-bond acceptors (Lipinski definition) is 6. The van der Waals surface area contributed by atoms with Crippen LogP contribution in [0.5, 0.6) is 0 Å². The zero-order valence-electron chi connectivity index (χ0n) is 15.2. The van der Waals surface area contributed by atoms with E-state index in [2.05, 4.69) is 25.5 Å². The van der Waals surface area contributed by atoms with E-state index in [1.54, 1.807) is 18.2 Å². The third kappa shape index (κ3) is 3.35. The molecule has 0 fully saturated rings. The number of fused-ring (bicyclic) bond motifs is 1. The van der Waals surface area contributed by atoms with Crippen LogP contribution < -0.4 is 5.32 Å². The van der Waals surface area contributed by atoms with Crippen LogP contribution in [0.3, 0.4) is 0 Å². The lowest BCUT2D eigenvalue weighted by Crippen LogP contribution is -2.20. The minimum atomic E-state index is -4.87. The Labute approximate surface area is 166 Å². The number of hydrogen-bond donors (Lipinski definition) is 2. The first-order valence-corrected chi connectivity index (χ1v) is 8.45. The lowest BCUT2D eigenvalue weighted by Gasteiger charge is -2.12. The minimum absolute atomic E-state index is 0.142. The number of H-pyrrole nitrogens is 1. The molecule has 150 valence electrons. The highest BCUT2D eigenvalue weighted by Gasteiger charge is 2.37. The number of aromatic amines is 1. The first-order valence-electron chi connectivity index (χ1n) is 8.45. The Bertz CT molecular complexity index is 1300. The highest BCUT2D eigenvalue weighted by Crippen LogP contribution is 2.32. The molecule has 0 atom stereocenters. The largest absolute Gasteiger partial charge is 0.442 e. The number of pyridine rings is 1. The molecule has 1 aromatic carbocycles. The third-order valence-electron chi connectivity index (χ3n) is 4.30. The van der Waals surface area contributed by atoms with Crippen LogP contribution in [0.25, 0.3) is 22.4 Å². The second-order valence-electron chi connectivity index (χ2n) is 6.31. The summed E-state index contributed by atoms with van der Waals surface area (Å²) in [5.41, 5.74) is -0.898. The summed E-state index contributed by atoms with van der Waals surface area (Å²) in [6.07, 6.45) is -2.14. The van der Waals surface area contributed by atoms with Crippen molar-refractivity contribution in [3.63, 3.8) is 0 Å². The molecule has 11 heteroatoms. The maximum Gasteiger partial charge on any atom is 0.434 e. The van der Waals surface area contributed by atoms with Gasteiger partial charge in [-0.25, -0.2) is 9.97 Å². The molecule has 0 aliphatic heterocycles. The lowest BCUT2D eigenvalue weighted by molar-refractivity contribution is -0.141. The van der Waals surface area contributed by atoms with Gasteiger partial charge < -0.3 is 9.73 Å². The van der Waals surface area contributed by atoms with E-state index in [9.17, 15) is 18.0 Å². The van der Waals surface area contributed by atoms with Gasteiger partial charge in [-0.2, -0.15) is 23.5 Å². The van der Waals surface area contributed by atoms with Crippen LogP contribution in [0.15, 0.2) is 41.3 Å². The highest BCUT2D eigenvalue weighted by atomic mass is 19.4. The number of nitriles is 1. The Kier molecular flexibility index (Phi) is 4.46. The van der Waals surface area contributed by atoms with Crippen LogP contribution >= 0.6 is 0 Å². The Morgan fingerprint density at radius 3 is 2.77 bits per heavy atom. The summed E-state index contributed by atoms with van der Waals surface area (Å²) in [6, 6.07) is 7.26. The fourth-order valence-corrected chi connectivity index (χ4v) is 2.95. The predicted octanol–water partition coefficient (Wildman–Crippen LogP) is 4.06. The number of amides is 1. The second-order valence-corrected chi connectivity index (χ2v) is 6.31. The lowest BCUT2D eigenvalue weighted by atomic mass is 10.1. The predicted molar refractivity (Wildman–Crippen MR) is 98.2 cm³/mol. The first kappa shape index (κ1) is 19.1. The molecule has 1 amide bonds. The number of nitrogens with zero attached hydrogens (tertiary/aromatic N) is 4. The molecule has 4 rings (SSSR count). The number of carbonyl (C=O) groups excluding carboxylic acids is 1. The van der Waals surface area contributed by atoms with E-state index in [4.69, 9.17) is 9.68 Å². The van der Waals surface area contributed by atoms with E-state index in [-0.39, 0.29) is 5.56 Å². The summed E-state index contributed by atoms with van der Waals surface area (Å²) in [4.78, 5) is 19.9. The standard InChI is InChI=1S/C19H11F3N6O2/c1-9-4-10(6-23)17(19(20,21)22)26-15(9)18(29)25-11-2-3-13-12(5-11)16(28-27-13)14-7-24-8-30-14/h2-5,7-8H,1H3,(H,25,29)(H,27,28). The van der Waals surface area contributed by atoms with Crippen molar-refractivity contribution in [2.24, 2.45) is 0 Å². The monoisotopic (exact) mass is 412 g/mol. The van der Waals surface area contributed by atoms with Crippen molar-refractivity contribution in [3.05, 3.63) is 59.4 Å². The molecule has 0 aliphatic rings. The molecule has 3 aromatic heterocycles. The smallest absolute Gasteiger partial charge is 0.434 e. The Morgan fingerprint density at radius 1 is 1.30 bits per heavy atom. The number of benzene rings is 1. The zero-order valence-corrected chi connectivity index (χ0v) is 15.2. The summed E-state index contributed by atoms with van der Waals surface area (Å²) in [5, 5.41) is 19.1. The van der Waals surface area contributed by atoms with Gasteiger partial charge in [0.05, 0.1) is 17.3 Å². The Hall–Kier alpha value is -4.20. The van der Waals surface area contributed by atoms with Crippen molar-refractivity contribution in [1.82, 2.24) is 20.2 Å². The van der Waals surface area contributed by atoms with Crippen LogP contribution in [0.2, 0.25) is 0 Å². The molecular weight excluding hydrogens is 401 g/mol. The zero-order chi connectivity index (χ0) is 21.5.